The molecule has 21 heavy (non-hydrogen) atoms. The first kappa shape index (κ1) is 14.9. The highest BCUT2D eigenvalue weighted by atomic mass is 32.2. The van der Waals surface area contributed by atoms with E-state index in [1.165, 1.54) is 25.1 Å². The van der Waals surface area contributed by atoms with Gasteiger partial charge in [-0.3, -0.25) is 9.52 Å². The molecule has 0 saturated heterocycles. The second-order valence-electron chi connectivity index (χ2n) is 4.43. The molecule has 0 aliphatic rings. The highest BCUT2D eigenvalue weighted by Gasteiger charge is 2.18. The van der Waals surface area contributed by atoms with Crippen molar-refractivity contribution in [2.45, 2.75) is 11.8 Å². The summed E-state index contributed by atoms with van der Waals surface area (Å²) in [6, 6.07) is 10.1. The molecule has 0 aliphatic heterocycles. The Morgan fingerprint density at radius 3 is 2.38 bits per heavy atom. The van der Waals surface area contributed by atoms with E-state index in [4.69, 9.17) is 5.73 Å². The lowest BCUT2D eigenvalue weighted by Crippen LogP contribution is -2.15. The quantitative estimate of drug-likeness (QED) is 0.454. The molecule has 0 fully saturated rings. The molecule has 0 saturated carbocycles. The second-order valence-corrected chi connectivity index (χ2v) is 6.11. The number of phenols is 1. The summed E-state index contributed by atoms with van der Waals surface area (Å²) in [7, 11) is -3.85. The molecule has 0 radical (unpaired) electrons. The number of nitrogens with two attached hydrogens (primary N) is 1. The van der Waals surface area contributed by atoms with E-state index in [1.807, 2.05) is 0 Å². The van der Waals surface area contributed by atoms with E-state index < -0.39 is 10.0 Å². The van der Waals surface area contributed by atoms with E-state index in [0.717, 1.165) is 6.07 Å². The summed E-state index contributed by atoms with van der Waals surface area (Å²) in [4.78, 5) is 11.6. The largest absolute Gasteiger partial charge is 0.506 e. The van der Waals surface area contributed by atoms with Gasteiger partial charge in [0.05, 0.1) is 16.3 Å². The van der Waals surface area contributed by atoms with Crippen molar-refractivity contribution < 1.29 is 18.3 Å². The fourth-order valence-corrected chi connectivity index (χ4v) is 2.88. The zero-order valence-electron chi connectivity index (χ0n) is 11.2. The van der Waals surface area contributed by atoms with Gasteiger partial charge in [-0.15, -0.1) is 0 Å². The number of hydrogen-bond donors (Lipinski definition) is 3. The maximum absolute atomic E-state index is 12.2. The molecule has 7 heteroatoms. The van der Waals surface area contributed by atoms with E-state index in [9.17, 15) is 18.3 Å². The number of rotatable bonds is 4. The number of phenolic OH excluding ortho intramolecular Hbond substituents is 1. The summed E-state index contributed by atoms with van der Waals surface area (Å²) in [5.41, 5.74) is 5.60. The van der Waals surface area contributed by atoms with Gasteiger partial charge in [0, 0.05) is 11.6 Å². The number of nitrogen functional groups attached to an aromatic ring is 1. The number of nitrogens with one attached hydrogen (secondary N) is 1. The topological polar surface area (TPSA) is 109 Å². The Balaban J connectivity index is 2.49. The molecule has 0 unspecified atom stereocenters. The van der Waals surface area contributed by atoms with Crippen molar-refractivity contribution in [2.75, 3.05) is 10.5 Å². The Hall–Kier alpha value is -2.54. The number of benzene rings is 2. The number of Topliss-reactive ketones (excluding diaryl/α,β-unsaturated/α-hetero) is 1. The molecular weight excluding hydrogens is 292 g/mol. The van der Waals surface area contributed by atoms with Gasteiger partial charge in [-0.05, 0) is 25.1 Å². The van der Waals surface area contributed by atoms with E-state index in [0.29, 0.717) is 0 Å². The zero-order valence-corrected chi connectivity index (χ0v) is 12.0. The average Bonchev–Trinajstić information content (AvgIpc) is 2.43. The molecule has 0 amide bonds. The molecular formula is C14H14N2O4S. The van der Waals surface area contributed by atoms with Gasteiger partial charge in [-0.1, -0.05) is 18.2 Å². The maximum Gasteiger partial charge on any atom is 0.261 e. The van der Waals surface area contributed by atoms with Crippen LogP contribution in [0.2, 0.25) is 0 Å². The van der Waals surface area contributed by atoms with E-state index >= 15 is 0 Å². The van der Waals surface area contributed by atoms with E-state index in [1.54, 1.807) is 18.2 Å². The maximum atomic E-state index is 12.2. The van der Waals surface area contributed by atoms with Crippen LogP contribution in [0.15, 0.2) is 47.4 Å². The molecule has 0 aromatic heterocycles. The zero-order chi connectivity index (χ0) is 15.6. The van der Waals surface area contributed by atoms with Crippen molar-refractivity contribution in [3.05, 3.63) is 48.0 Å². The van der Waals surface area contributed by atoms with Gasteiger partial charge < -0.3 is 10.8 Å². The molecule has 6 nitrogen and oxygen atoms in total. The Morgan fingerprint density at radius 1 is 1.19 bits per heavy atom. The van der Waals surface area contributed by atoms with Crippen LogP contribution in [0.4, 0.5) is 11.4 Å². The van der Waals surface area contributed by atoms with Crippen molar-refractivity contribution in [3.63, 3.8) is 0 Å². The fraction of sp³-hybridized carbons (Fsp3) is 0.0714. The van der Waals surface area contributed by atoms with Gasteiger partial charge in [0.1, 0.15) is 5.75 Å². The summed E-state index contributed by atoms with van der Waals surface area (Å²) in [6.07, 6.45) is 0. The molecule has 0 atom stereocenters. The fourth-order valence-electron chi connectivity index (χ4n) is 1.78. The Bertz CT molecular complexity index is 786. The minimum absolute atomic E-state index is 0.00265. The number of anilines is 2. The number of sulfonamides is 1. The summed E-state index contributed by atoms with van der Waals surface area (Å²) in [6.45, 7) is 1.28. The van der Waals surface area contributed by atoms with Crippen LogP contribution in [-0.4, -0.2) is 19.3 Å². The third kappa shape index (κ3) is 3.14. The van der Waals surface area contributed by atoms with Gasteiger partial charge >= 0.3 is 0 Å². The highest BCUT2D eigenvalue weighted by Crippen LogP contribution is 2.30. The minimum atomic E-state index is -3.85. The van der Waals surface area contributed by atoms with Crippen molar-refractivity contribution in [1.29, 1.82) is 0 Å². The molecule has 2 rings (SSSR count). The Labute approximate surface area is 122 Å². The van der Waals surface area contributed by atoms with Crippen LogP contribution in [0, 0.1) is 0 Å². The van der Waals surface area contributed by atoms with Crippen LogP contribution in [0.3, 0.4) is 0 Å². The van der Waals surface area contributed by atoms with E-state index in [-0.39, 0.29) is 33.4 Å². The van der Waals surface area contributed by atoms with Crippen LogP contribution >= 0.6 is 0 Å². The first-order valence-corrected chi connectivity index (χ1v) is 7.51. The van der Waals surface area contributed by atoms with Crippen molar-refractivity contribution in [1.82, 2.24) is 0 Å². The van der Waals surface area contributed by atoms with Crippen molar-refractivity contribution in [3.8, 4) is 5.75 Å². The number of carbonyl (C=O) groups excluding carboxylic acids is 1. The molecule has 4 N–H and O–H groups in total. The number of aromatic hydroxyl groups is 1. The van der Waals surface area contributed by atoms with Crippen LogP contribution in [0.1, 0.15) is 17.3 Å². The molecule has 110 valence electrons. The summed E-state index contributed by atoms with van der Waals surface area (Å²) >= 11 is 0. The van der Waals surface area contributed by atoms with Crippen molar-refractivity contribution >= 4 is 27.2 Å². The van der Waals surface area contributed by atoms with Gasteiger partial charge in [0.15, 0.2) is 5.78 Å². The summed E-state index contributed by atoms with van der Waals surface area (Å²) in [5, 5.41) is 9.60. The lowest BCUT2D eigenvalue weighted by atomic mass is 10.1. The Morgan fingerprint density at radius 2 is 1.81 bits per heavy atom. The minimum Gasteiger partial charge on any atom is -0.506 e. The summed E-state index contributed by atoms with van der Waals surface area (Å²) in [5.74, 6) is -0.668. The first-order chi connectivity index (χ1) is 9.81. The predicted molar refractivity (Wildman–Crippen MR) is 79.8 cm³/mol. The van der Waals surface area contributed by atoms with Crippen LogP contribution in [0.5, 0.6) is 5.75 Å². The van der Waals surface area contributed by atoms with Gasteiger partial charge in [-0.2, -0.15) is 0 Å². The number of ketones is 1. The SMILES string of the molecule is CC(=O)c1cc(N)c(O)cc1NS(=O)(=O)c1ccccc1. The monoisotopic (exact) mass is 306 g/mol. The molecule has 0 spiro atoms. The lowest BCUT2D eigenvalue weighted by molar-refractivity contribution is 0.101. The van der Waals surface area contributed by atoms with Crippen LogP contribution in [0.25, 0.3) is 0 Å². The van der Waals surface area contributed by atoms with Crippen LogP contribution < -0.4 is 10.5 Å². The normalized spacial score (nSPS) is 11.1. The first-order valence-electron chi connectivity index (χ1n) is 6.02. The third-order valence-corrected chi connectivity index (χ3v) is 4.23. The van der Waals surface area contributed by atoms with Gasteiger partial charge in [0.25, 0.3) is 10.0 Å². The van der Waals surface area contributed by atoms with Gasteiger partial charge in [0.2, 0.25) is 0 Å². The van der Waals surface area contributed by atoms with Gasteiger partial charge in [-0.25, -0.2) is 8.42 Å². The standard InChI is InChI=1S/C14H14N2O4S/c1-9(17)11-7-12(15)14(18)8-13(11)16-21(19,20)10-5-3-2-4-6-10/h2-8,16,18H,15H2,1H3. The molecule has 0 heterocycles. The number of carbonyl (C=O) groups is 1. The third-order valence-electron chi connectivity index (χ3n) is 2.84. The molecule has 2 aromatic carbocycles. The second kappa shape index (κ2) is 5.45. The summed E-state index contributed by atoms with van der Waals surface area (Å²) < 4.78 is 26.8. The molecule has 0 aliphatic carbocycles. The highest BCUT2D eigenvalue weighted by molar-refractivity contribution is 7.92. The van der Waals surface area contributed by atoms with Crippen molar-refractivity contribution in [2.24, 2.45) is 0 Å². The molecule has 2 aromatic rings. The Kier molecular flexibility index (Phi) is 3.86. The predicted octanol–water partition coefficient (Wildman–Crippen LogP) is 1.98. The van der Waals surface area contributed by atoms with E-state index in [2.05, 4.69) is 4.72 Å². The van der Waals surface area contributed by atoms with Crippen LogP contribution in [-0.2, 0) is 10.0 Å². The molecule has 0 bridgehead atoms. The lowest BCUT2D eigenvalue weighted by Gasteiger charge is -2.12. The smallest absolute Gasteiger partial charge is 0.261 e. The number of hydrogen-bond acceptors (Lipinski definition) is 5. The average molecular weight is 306 g/mol.